The van der Waals surface area contributed by atoms with Crippen LogP contribution in [0.5, 0.6) is 0 Å². The van der Waals surface area contributed by atoms with E-state index in [0.29, 0.717) is 0 Å². The molecule has 5 heavy (non-hydrogen) atoms. The second-order valence-electron chi connectivity index (χ2n) is 0. The zero-order valence-corrected chi connectivity index (χ0v) is 7.61. The molecule has 0 aromatic carbocycles. The van der Waals surface area contributed by atoms with Crippen molar-refractivity contribution in [2.45, 2.75) is 6.92 Å². The fourth-order valence-electron chi connectivity index (χ4n) is 0. The van der Waals surface area contributed by atoms with E-state index in [0.717, 1.165) is 0 Å². The van der Waals surface area contributed by atoms with Gasteiger partial charge in [0.15, 0.2) is 0 Å². The minimum Gasteiger partial charge on any atom is -0.346 e. The molecule has 0 aromatic rings. The molecule has 3 heteroatoms. The zero-order valence-electron chi connectivity index (χ0n) is 3.82. The Morgan fingerprint density at radius 1 is 1.20 bits per heavy atom. The topological polar surface area (TPSA) is 0 Å². The van der Waals surface area contributed by atoms with E-state index >= 15 is 0 Å². The molecule has 0 spiro atoms. The Balaban J connectivity index is -0.00000000167. The minimum atomic E-state index is 0. The van der Waals surface area contributed by atoms with Gasteiger partial charge in [-0.15, -0.1) is 12.4 Å². The second kappa shape index (κ2) is 49.1. The Morgan fingerprint density at radius 3 is 1.20 bits per heavy atom. The monoisotopic (exact) mass is 136 g/mol. The number of halogens is 1. The fraction of sp³-hybridized carbons (Fsp3) is 0.500. The normalized spacial score (nSPS) is 1.20. The molecule has 0 atom stereocenters. The van der Waals surface area contributed by atoms with Crippen LogP contribution in [0.3, 0.4) is 0 Å². The minimum absolute atomic E-state index is 0. The molecule has 0 aliphatic carbocycles. The van der Waals surface area contributed by atoms with Crippen LogP contribution in [0.4, 0.5) is 0 Å². The van der Waals surface area contributed by atoms with Gasteiger partial charge in [0.05, 0.1) is 0 Å². The molecule has 0 heterocycles. The van der Waals surface area contributed by atoms with Gasteiger partial charge in [-0.2, -0.15) is 6.92 Å². The molecule has 0 aliphatic rings. The maximum atomic E-state index is 3.25. The summed E-state index contributed by atoms with van der Waals surface area (Å²) >= 11 is 0. The third-order valence-corrected chi connectivity index (χ3v) is 0. The van der Waals surface area contributed by atoms with E-state index < -0.39 is 0 Å². The van der Waals surface area contributed by atoms with Gasteiger partial charge in [0.25, 0.3) is 0 Å². The summed E-state index contributed by atoms with van der Waals surface area (Å²) in [4.78, 5) is 0. The van der Waals surface area contributed by atoms with Gasteiger partial charge in [-0.3, -0.25) is 0 Å². The summed E-state index contributed by atoms with van der Waals surface area (Å²) in [6.45, 7) is 5.00. The van der Waals surface area contributed by atoms with Crippen LogP contribution in [0.2, 0.25) is 0 Å². The van der Waals surface area contributed by atoms with E-state index in [9.17, 15) is 0 Å². The van der Waals surface area contributed by atoms with E-state index in [-0.39, 0.29) is 50.7 Å². The summed E-state index contributed by atoms with van der Waals surface area (Å²) < 4.78 is 0. The van der Waals surface area contributed by atoms with Crippen molar-refractivity contribution in [3.05, 3.63) is 6.92 Å². The first-order valence-corrected chi connectivity index (χ1v) is 0.707. The molecule has 0 unspecified atom stereocenters. The maximum absolute atomic E-state index is 3.25. The van der Waals surface area contributed by atoms with Crippen molar-refractivity contribution in [2.75, 3.05) is 0 Å². The Hall–Kier alpha value is 1.51. The molecule has 0 radical (unpaired) electrons. The van der Waals surface area contributed by atoms with Crippen LogP contribution < -0.4 is 18.9 Å². The summed E-state index contributed by atoms with van der Waals surface area (Å²) in [6.07, 6.45) is 0. The molecule has 0 N–H and O–H groups in total. The molecular weight excluding hydrogens is 132 g/mol. The van der Waals surface area contributed by atoms with E-state index in [2.05, 4.69) is 6.92 Å². The predicted molar refractivity (Wildman–Crippen MR) is 18.3 cm³/mol. The molecule has 0 amide bonds. The summed E-state index contributed by atoms with van der Waals surface area (Å²) in [6, 6.07) is 0. The summed E-state index contributed by atoms with van der Waals surface area (Å²) in [5.41, 5.74) is 0. The van der Waals surface area contributed by atoms with Gasteiger partial charge in [0, 0.05) is 19.5 Å². The van der Waals surface area contributed by atoms with Crippen LogP contribution in [0.15, 0.2) is 0 Å². The number of rotatable bonds is 0. The largest absolute Gasteiger partial charge is 1.00 e. The summed E-state index contributed by atoms with van der Waals surface area (Å²) in [5, 5.41) is 0. The van der Waals surface area contributed by atoms with Gasteiger partial charge in [-0.25, -0.2) is 0 Å². The van der Waals surface area contributed by atoms with Crippen molar-refractivity contribution < 1.29 is 38.3 Å². The Kier molecular flexibility index (Phi) is 308. The van der Waals surface area contributed by atoms with Crippen LogP contribution in [0.1, 0.15) is 6.92 Å². The molecule has 0 saturated heterocycles. The Bertz CT molecular complexity index is 9.61. The van der Waals surface area contributed by atoms with Crippen molar-refractivity contribution in [2.24, 2.45) is 0 Å². The molecule has 0 fully saturated rings. The molecule has 0 rings (SSSR count). The van der Waals surface area contributed by atoms with Crippen LogP contribution in [-0.4, -0.2) is 0 Å². The van der Waals surface area contributed by atoms with Gasteiger partial charge in [0.2, 0.25) is 0 Å². The smallest absolute Gasteiger partial charge is 0.346 e. The van der Waals surface area contributed by atoms with Crippen molar-refractivity contribution >= 4 is 12.4 Å². The molecule has 0 saturated carbocycles. The van der Waals surface area contributed by atoms with Crippen LogP contribution in [0, 0.1) is 6.92 Å². The van der Waals surface area contributed by atoms with Crippen molar-refractivity contribution in [3.63, 3.8) is 0 Å². The first-order valence-electron chi connectivity index (χ1n) is 0.707. The van der Waals surface area contributed by atoms with Crippen molar-refractivity contribution in [1.29, 1.82) is 0 Å². The molecule has 0 aliphatic heterocycles. The molecular formula is C2H6ClLiZn. The van der Waals surface area contributed by atoms with Gasteiger partial charge in [-0.1, -0.05) is 0 Å². The van der Waals surface area contributed by atoms with Gasteiger partial charge < -0.3 is 6.92 Å². The predicted octanol–water partition coefficient (Wildman–Crippen LogP) is -1.74. The van der Waals surface area contributed by atoms with Crippen molar-refractivity contribution in [3.8, 4) is 0 Å². The number of hydrogen-bond acceptors (Lipinski definition) is 0. The first kappa shape index (κ1) is 31.4. The summed E-state index contributed by atoms with van der Waals surface area (Å²) in [5.74, 6) is 0. The van der Waals surface area contributed by atoms with Gasteiger partial charge >= 0.3 is 18.9 Å². The van der Waals surface area contributed by atoms with E-state index in [4.69, 9.17) is 0 Å². The summed E-state index contributed by atoms with van der Waals surface area (Å²) in [7, 11) is 0. The zero-order chi connectivity index (χ0) is 2.00. The SMILES string of the molecule is Cl.[CH2-]C.[Li+].[Zn]. The van der Waals surface area contributed by atoms with E-state index in [1.54, 1.807) is 6.92 Å². The third-order valence-electron chi connectivity index (χ3n) is 0. The average molecular weight is 138 g/mol. The van der Waals surface area contributed by atoms with E-state index in [1.165, 1.54) is 0 Å². The first-order chi connectivity index (χ1) is 1.00. The second-order valence-corrected chi connectivity index (χ2v) is 0. The fourth-order valence-corrected chi connectivity index (χ4v) is 0. The van der Waals surface area contributed by atoms with E-state index in [1.807, 2.05) is 0 Å². The van der Waals surface area contributed by atoms with Crippen molar-refractivity contribution in [1.82, 2.24) is 0 Å². The Morgan fingerprint density at radius 2 is 1.20 bits per heavy atom. The molecule has 0 bridgehead atoms. The number of hydrogen-bond donors (Lipinski definition) is 0. The standard InChI is InChI=1S/C2H5.ClH.Li.Zn/c1-2;;;/h1H2,2H3;1H;;/q-1;;+1;. The molecule has 0 aromatic heterocycles. The maximum Gasteiger partial charge on any atom is 1.00 e. The van der Waals surface area contributed by atoms with Gasteiger partial charge in [-0.05, 0) is 0 Å². The molecule has 0 nitrogen and oxygen atoms in total. The molecule has 24 valence electrons. The van der Waals surface area contributed by atoms with Crippen LogP contribution >= 0.6 is 12.4 Å². The van der Waals surface area contributed by atoms with Crippen LogP contribution in [-0.2, 0) is 19.5 Å². The average Bonchev–Trinajstić information content (AvgIpc) is 1.00. The van der Waals surface area contributed by atoms with Crippen LogP contribution in [0.25, 0.3) is 0 Å². The van der Waals surface area contributed by atoms with Gasteiger partial charge in [0.1, 0.15) is 0 Å². The Labute approximate surface area is 64.4 Å². The third kappa shape index (κ3) is 29.8. The quantitative estimate of drug-likeness (QED) is 0.275.